The highest BCUT2D eigenvalue weighted by Gasteiger charge is 2.35. The Labute approximate surface area is 161 Å². The van der Waals surface area contributed by atoms with Crippen molar-refractivity contribution < 1.29 is 23.6 Å². The molecule has 0 saturated carbocycles. The summed E-state index contributed by atoms with van der Waals surface area (Å²) in [5.41, 5.74) is 0.834. The van der Waals surface area contributed by atoms with Gasteiger partial charge in [-0.2, -0.15) is 0 Å². The summed E-state index contributed by atoms with van der Waals surface area (Å²) >= 11 is 0. The summed E-state index contributed by atoms with van der Waals surface area (Å²) in [6, 6.07) is 3.44. The lowest BCUT2D eigenvalue weighted by Crippen LogP contribution is -2.52. The van der Waals surface area contributed by atoms with Crippen LogP contribution in [0.4, 0.5) is 0 Å². The summed E-state index contributed by atoms with van der Waals surface area (Å²) < 4.78 is 10.9. The molecule has 3 aromatic heterocycles. The molecule has 2 N–H and O–H groups in total. The van der Waals surface area contributed by atoms with Crippen LogP contribution in [-0.2, 0) is 4.79 Å². The highest BCUT2D eigenvalue weighted by Crippen LogP contribution is 2.30. The molecule has 8 nitrogen and oxygen atoms in total. The third-order valence-electron chi connectivity index (χ3n) is 4.79. The maximum Gasteiger partial charge on any atom is 0.329 e. The second kappa shape index (κ2) is 7.10. The van der Waals surface area contributed by atoms with Crippen LogP contribution in [0.2, 0.25) is 0 Å². The predicted molar refractivity (Wildman–Crippen MR) is 102 cm³/mol. The molecular weight excluding hydrogens is 362 g/mol. The molecule has 3 aromatic rings. The Morgan fingerprint density at radius 3 is 2.54 bits per heavy atom. The zero-order valence-electron chi connectivity index (χ0n) is 16.5. The maximum atomic E-state index is 13.1. The fourth-order valence-electron chi connectivity index (χ4n) is 3.34. The highest BCUT2D eigenvalue weighted by atomic mass is 16.5. The van der Waals surface area contributed by atoms with Gasteiger partial charge in [0.05, 0.1) is 22.3 Å². The van der Waals surface area contributed by atoms with Crippen molar-refractivity contribution in [3.8, 4) is 11.3 Å². The monoisotopic (exact) mass is 385 g/mol. The van der Waals surface area contributed by atoms with E-state index in [2.05, 4.69) is 15.5 Å². The molecule has 3 heterocycles. The van der Waals surface area contributed by atoms with E-state index >= 15 is 0 Å². The molecule has 3 rings (SSSR count). The van der Waals surface area contributed by atoms with E-state index in [0.717, 1.165) is 11.3 Å². The van der Waals surface area contributed by atoms with E-state index < -0.39 is 17.4 Å². The number of carboxylic acids is 1. The number of carbonyl (C=O) groups is 2. The minimum Gasteiger partial charge on any atom is -0.480 e. The van der Waals surface area contributed by atoms with E-state index in [-0.39, 0.29) is 11.3 Å². The van der Waals surface area contributed by atoms with Gasteiger partial charge in [-0.15, -0.1) is 0 Å². The largest absolute Gasteiger partial charge is 0.480 e. The van der Waals surface area contributed by atoms with Crippen LogP contribution >= 0.6 is 0 Å². The Hall–Kier alpha value is -3.16. The molecule has 1 amide bonds. The van der Waals surface area contributed by atoms with Crippen LogP contribution in [0.25, 0.3) is 22.4 Å². The lowest BCUT2D eigenvalue weighted by Gasteiger charge is -2.26. The van der Waals surface area contributed by atoms with Crippen LogP contribution in [0.1, 0.15) is 54.3 Å². The first kappa shape index (κ1) is 19.6. The maximum absolute atomic E-state index is 13.1. The van der Waals surface area contributed by atoms with Gasteiger partial charge in [0.2, 0.25) is 0 Å². The molecule has 8 heteroatoms. The Balaban J connectivity index is 2.13. The van der Waals surface area contributed by atoms with Gasteiger partial charge < -0.3 is 19.4 Å². The van der Waals surface area contributed by atoms with Crippen molar-refractivity contribution in [3.05, 3.63) is 34.9 Å². The zero-order valence-corrected chi connectivity index (χ0v) is 16.5. The number of amides is 1. The number of hydrogen-bond acceptors (Lipinski definition) is 6. The molecule has 0 spiro atoms. The number of fused-ring (bicyclic) bond motifs is 1. The second-order valence-corrected chi connectivity index (χ2v) is 7.17. The lowest BCUT2D eigenvalue weighted by molar-refractivity contribution is -0.144. The number of carboxylic acid groups (broad SMARTS) is 1. The number of nitrogens with one attached hydrogen (secondary N) is 1. The summed E-state index contributed by atoms with van der Waals surface area (Å²) in [6.45, 7) is 8.70. The summed E-state index contributed by atoms with van der Waals surface area (Å²) in [5, 5.41) is 16.6. The Morgan fingerprint density at radius 2 is 1.96 bits per heavy atom. The number of rotatable bonds is 6. The van der Waals surface area contributed by atoms with Gasteiger partial charge in [0, 0.05) is 5.56 Å². The standard InChI is InChI=1S/C20H23N3O5/c1-6-7-20(5,19(25)26)22-17(24)14-9-15(13-8-10(2)27-12(13)4)21-18-16(14)11(3)23-28-18/h8-9H,6-7H2,1-5H3,(H,22,24)(H,25,26). The molecule has 148 valence electrons. The average molecular weight is 385 g/mol. The summed E-state index contributed by atoms with van der Waals surface area (Å²) in [5.74, 6) is -0.225. The number of aliphatic carboxylic acids is 1. The lowest BCUT2D eigenvalue weighted by atomic mass is 9.95. The third-order valence-corrected chi connectivity index (χ3v) is 4.79. The number of pyridine rings is 1. The van der Waals surface area contributed by atoms with E-state index in [1.54, 1.807) is 13.0 Å². The average Bonchev–Trinajstić information content (AvgIpc) is 3.16. The van der Waals surface area contributed by atoms with Crippen molar-refractivity contribution in [1.82, 2.24) is 15.5 Å². The quantitative estimate of drug-likeness (QED) is 0.663. The minimum atomic E-state index is -1.38. The fourth-order valence-corrected chi connectivity index (χ4v) is 3.34. The molecule has 0 aromatic carbocycles. The number of aryl methyl sites for hydroxylation is 3. The molecule has 0 aliphatic rings. The summed E-state index contributed by atoms with van der Waals surface area (Å²) in [6.07, 6.45) is 0.914. The minimum absolute atomic E-state index is 0.214. The van der Waals surface area contributed by atoms with E-state index in [1.165, 1.54) is 6.92 Å². The molecule has 1 unspecified atom stereocenters. The van der Waals surface area contributed by atoms with Gasteiger partial charge in [-0.3, -0.25) is 4.79 Å². The number of furan rings is 1. The second-order valence-electron chi connectivity index (χ2n) is 7.17. The van der Waals surface area contributed by atoms with E-state index in [4.69, 9.17) is 8.94 Å². The van der Waals surface area contributed by atoms with Gasteiger partial charge in [-0.05, 0) is 46.2 Å². The highest BCUT2D eigenvalue weighted by molar-refractivity contribution is 6.08. The van der Waals surface area contributed by atoms with Crippen molar-refractivity contribution >= 4 is 23.0 Å². The summed E-state index contributed by atoms with van der Waals surface area (Å²) in [7, 11) is 0. The van der Waals surface area contributed by atoms with Crippen LogP contribution in [0.5, 0.6) is 0 Å². The van der Waals surface area contributed by atoms with Crippen LogP contribution < -0.4 is 5.32 Å². The van der Waals surface area contributed by atoms with Crippen LogP contribution in [0.3, 0.4) is 0 Å². The molecule has 0 fully saturated rings. The molecular formula is C20H23N3O5. The Bertz CT molecular complexity index is 1070. The number of carbonyl (C=O) groups excluding carboxylic acids is 1. The van der Waals surface area contributed by atoms with E-state index in [9.17, 15) is 14.7 Å². The number of aromatic nitrogens is 2. The SMILES string of the molecule is CCCC(C)(NC(=O)c1cc(-c2cc(C)oc2C)nc2onc(C)c12)C(=O)O. The van der Waals surface area contributed by atoms with Crippen molar-refractivity contribution in [2.75, 3.05) is 0 Å². The first-order valence-corrected chi connectivity index (χ1v) is 9.06. The number of nitrogens with zero attached hydrogens (tertiary/aromatic N) is 2. The van der Waals surface area contributed by atoms with Crippen LogP contribution in [0, 0.1) is 20.8 Å². The van der Waals surface area contributed by atoms with Gasteiger partial charge in [0.25, 0.3) is 11.6 Å². The first-order valence-electron chi connectivity index (χ1n) is 9.06. The van der Waals surface area contributed by atoms with Gasteiger partial charge in [-0.1, -0.05) is 18.5 Å². The molecule has 28 heavy (non-hydrogen) atoms. The molecule has 1 atom stereocenters. The Kier molecular flexibility index (Phi) is 4.97. The molecule has 0 radical (unpaired) electrons. The molecule has 0 aliphatic heterocycles. The van der Waals surface area contributed by atoms with Gasteiger partial charge in [0.15, 0.2) is 0 Å². The number of hydrogen-bond donors (Lipinski definition) is 2. The van der Waals surface area contributed by atoms with E-state index in [1.807, 2.05) is 26.8 Å². The summed E-state index contributed by atoms with van der Waals surface area (Å²) in [4.78, 5) is 29.3. The molecule has 0 aliphatic carbocycles. The molecule has 0 saturated heterocycles. The van der Waals surface area contributed by atoms with Crippen LogP contribution in [0.15, 0.2) is 21.1 Å². The smallest absolute Gasteiger partial charge is 0.329 e. The van der Waals surface area contributed by atoms with Crippen molar-refractivity contribution in [2.45, 2.75) is 53.0 Å². The zero-order chi connectivity index (χ0) is 20.6. The molecule has 0 bridgehead atoms. The predicted octanol–water partition coefficient (Wildman–Crippen LogP) is 3.78. The van der Waals surface area contributed by atoms with E-state index in [0.29, 0.717) is 35.4 Å². The normalized spacial score (nSPS) is 13.5. The first-order chi connectivity index (χ1) is 13.2. The topological polar surface area (TPSA) is 118 Å². The van der Waals surface area contributed by atoms with Crippen LogP contribution in [-0.4, -0.2) is 32.7 Å². The Morgan fingerprint density at radius 1 is 1.25 bits per heavy atom. The van der Waals surface area contributed by atoms with Gasteiger partial charge >= 0.3 is 5.97 Å². The third kappa shape index (κ3) is 3.37. The van der Waals surface area contributed by atoms with Gasteiger partial charge in [-0.25, -0.2) is 9.78 Å². The van der Waals surface area contributed by atoms with Crippen molar-refractivity contribution in [1.29, 1.82) is 0 Å². The van der Waals surface area contributed by atoms with Crippen molar-refractivity contribution in [3.63, 3.8) is 0 Å². The fraction of sp³-hybridized carbons (Fsp3) is 0.400. The van der Waals surface area contributed by atoms with Gasteiger partial charge in [0.1, 0.15) is 17.1 Å². The van der Waals surface area contributed by atoms with Crippen molar-refractivity contribution in [2.24, 2.45) is 0 Å².